The maximum absolute atomic E-state index is 13.8. The smallest absolute Gasteiger partial charge is 0.278 e. The molecule has 2 aliphatic heterocycles. The number of pyridine rings is 1. The predicted molar refractivity (Wildman–Crippen MR) is 231 cm³/mol. The number of aryl methyl sites for hydroxylation is 4. The Kier molecular flexibility index (Phi) is 11.5. The van der Waals surface area contributed by atoms with Crippen molar-refractivity contribution in [3.8, 4) is 5.75 Å². The van der Waals surface area contributed by atoms with Crippen molar-refractivity contribution in [2.45, 2.75) is 53.9 Å². The third-order valence-electron chi connectivity index (χ3n) is 11.4. The number of ether oxygens (including phenoxy) is 1. The fraction of sp³-hybridized carbons (Fsp3) is 0.390. The standard InChI is InChI=1S/C41H50N16O5/c1-5-56-30(13-22(3)51-56)38(60)49-40-47-28-14-24(35(43)58)16-31(62-12-11-53-20-26-17-45-18-27(26)21-53)33(28)54(40)9-7-8-10-55-37-29(15-25(19-46-37)36(44)59)48-41(55)50-39(61)34-32(42)23(4)52-57(34)6-2/h7-8,13-16,19,26-27,45H,5-6,9-12,17-18,20-21,42H2,1-4H3,(H2,43,58)(H2,44,59)(H,47,49,60)(H,48,50,61)/b8-7+/t26-,27+. The minimum absolute atomic E-state index is 0.140. The molecule has 0 spiro atoms. The van der Waals surface area contributed by atoms with Crippen LogP contribution in [0.4, 0.5) is 17.6 Å². The molecule has 0 bridgehead atoms. The number of nitrogens with two attached hydrogens (primary N) is 3. The Bertz CT molecular complexity index is 2750. The number of likely N-dealkylation sites (tertiary alicyclic amines) is 1. The van der Waals surface area contributed by atoms with Crippen molar-refractivity contribution in [2.75, 3.05) is 55.7 Å². The second-order valence-electron chi connectivity index (χ2n) is 15.5. The topological polar surface area (TPSA) is 279 Å². The first-order valence-electron chi connectivity index (χ1n) is 20.5. The van der Waals surface area contributed by atoms with Gasteiger partial charge in [0.15, 0.2) is 5.65 Å². The van der Waals surface area contributed by atoms with Crippen molar-refractivity contribution in [3.05, 3.63) is 76.5 Å². The van der Waals surface area contributed by atoms with Crippen molar-refractivity contribution < 1.29 is 23.9 Å². The molecule has 8 rings (SSSR count). The number of imidazole rings is 2. The van der Waals surface area contributed by atoms with Crippen LogP contribution in [0, 0.1) is 25.7 Å². The van der Waals surface area contributed by atoms with Gasteiger partial charge in [0.2, 0.25) is 23.7 Å². The second-order valence-corrected chi connectivity index (χ2v) is 15.5. The van der Waals surface area contributed by atoms with Gasteiger partial charge in [-0.05, 0) is 76.9 Å². The molecule has 0 radical (unpaired) electrons. The number of hydrogen-bond donors (Lipinski definition) is 6. The van der Waals surface area contributed by atoms with Gasteiger partial charge < -0.3 is 31.8 Å². The Morgan fingerprint density at radius 2 is 1.48 bits per heavy atom. The zero-order valence-corrected chi connectivity index (χ0v) is 35.0. The molecular weight excluding hydrogens is 797 g/mol. The van der Waals surface area contributed by atoms with Gasteiger partial charge in [0.25, 0.3) is 11.8 Å². The number of allylic oxidation sites excluding steroid dienone is 2. The first kappa shape index (κ1) is 41.6. The number of fused-ring (bicyclic) bond motifs is 3. The number of carbonyl (C=O) groups excluding carboxylic acids is 4. The molecule has 4 amide bonds. The maximum Gasteiger partial charge on any atom is 0.278 e. The van der Waals surface area contributed by atoms with Gasteiger partial charge in [-0.1, -0.05) is 12.2 Å². The molecule has 21 heteroatoms. The highest BCUT2D eigenvalue weighted by atomic mass is 16.5. The van der Waals surface area contributed by atoms with Gasteiger partial charge in [0.1, 0.15) is 34.8 Å². The molecule has 2 atom stereocenters. The zero-order chi connectivity index (χ0) is 43.8. The largest absolute Gasteiger partial charge is 0.490 e. The first-order valence-corrected chi connectivity index (χ1v) is 20.5. The van der Waals surface area contributed by atoms with Gasteiger partial charge in [0.05, 0.1) is 28.2 Å². The van der Waals surface area contributed by atoms with Crippen LogP contribution in [-0.2, 0) is 26.2 Å². The van der Waals surface area contributed by atoms with Crippen LogP contribution in [-0.4, -0.2) is 112 Å². The van der Waals surface area contributed by atoms with Gasteiger partial charge in [-0.15, -0.1) is 0 Å². The van der Waals surface area contributed by atoms with E-state index in [1.165, 1.54) is 16.9 Å². The number of aromatic nitrogens is 9. The van der Waals surface area contributed by atoms with E-state index in [1.54, 1.807) is 38.9 Å². The van der Waals surface area contributed by atoms with E-state index in [9.17, 15) is 19.2 Å². The Morgan fingerprint density at radius 3 is 2.18 bits per heavy atom. The number of nitrogens with zero attached hydrogens (tertiary/aromatic N) is 10. The summed E-state index contributed by atoms with van der Waals surface area (Å²) in [4.78, 5) is 68.4. The highest BCUT2D eigenvalue weighted by Crippen LogP contribution is 2.32. The Morgan fingerprint density at radius 1 is 0.839 bits per heavy atom. The van der Waals surface area contributed by atoms with Gasteiger partial charge >= 0.3 is 0 Å². The summed E-state index contributed by atoms with van der Waals surface area (Å²) in [7, 11) is 0. The van der Waals surface area contributed by atoms with E-state index in [-0.39, 0.29) is 47.5 Å². The van der Waals surface area contributed by atoms with Gasteiger partial charge in [-0.3, -0.25) is 48.6 Å². The number of amides is 4. The molecule has 7 heterocycles. The van der Waals surface area contributed by atoms with Crippen LogP contribution in [0.15, 0.2) is 42.6 Å². The summed E-state index contributed by atoms with van der Waals surface area (Å²) in [5.41, 5.74) is 21.6. The molecule has 0 unspecified atom stereocenters. The summed E-state index contributed by atoms with van der Waals surface area (Å²) in [6, 6.07) is 6.38. The highest BCUT2D eigenvalue weighted by Gasteiger charge is 2.36. The van der Waals surface area contributed by atoms with Crippen LogP contribution < -0.4 is 37.9 Å². The van der Waals surface area contributed by atoms with Crippen LogP contribution >= 0.6 is 0 Å². The highest BCUT2D eigenvalue weighted by molar-refractivity contribution is 6.07. The lowest BCUT2D eigenvalue weighted by molar-refractivity contribution is 0.0991. The lowest BCUT2D eigenvalue weighted by atomic mass is 10.0. The quantitative estimate of drug-likeness (QED) is 0.0761. The summed E-state index contributed by atoms with van der Waals surface area (Å²) in [6.07, 6.45) is 5.03. The number of primary amides is 2. The molecule has 1 aromatic carbocycles. The molecule has 0 aliphatic carbocycles. The normalized spacial score (nSPS) is 16.5. The van der Waals surface area contributed by atoms with Crippen molar-refractivity contribution in [2.24, 2.45) is 23.3 Å². The van der Waals surface area contributed by atoms with Gasteiger partial charge in [-0.2, -0.15) is 10.2 Å². The van der Waals surface area contributed by atoms with E-state index in [0.717, 1.165) is 26.2 Å². The van der Waals surface area contributed by atoms with E-state index >= 15 is 0 Å². The van der Waals surface area contributed by atoms with Crippen molar-refractivity contribution in [1.82, 2.24) is 53.9 Å². The minimum Gasteiger partial charge on any atom is -0.490 e. The molecular formula is C41H50N16O5. The summed E-state index contributed by atoms with van der Waals surface area (Å²) in [5.74, 6) is -0.317. The van der Waals surface area contributed by atoms with Crippen molar-refractivity contribution in [3.63, 3.8) is 0 Å². The molecule has 0 saturated carbocycles. The number of nitrogens with one attached hydrogen (secondary N) is 3. The first-order chi connectivity index (χ1) is 29.8. The molecule has 21 nitrogen and oxygen atoms in total. The number of hydrogen-bond acceptors (Lipinski definition) is 13. The van der Waals surface area contributed by atoms with E-state index in [0.29, 0.717) is 83.1 Å². The fourth-order valence-corrected chi connectivity index (χ4v) is 8.31. The summed E-state index contributed by atoms with van der Waals surface area (Å²) in [5, 5.41) is 18.1. The third-order valence-corrected chi connectivity index (χ3v) is 11.4. The molecule has 6 aromatic rings. The van der Waals surface area contributed by atoms with E-state index in [2.05, 4.69) is 41.0 Å². The average molecular weight is 847 g/mol. The summed E-state index contributed by atoms with van der Waals surface area (Å²) in [6.45, 7) is 13.5. The number of rotatable bonds is 16. The molecule has 2 aliphatic rings. The summed E-state index contributed by atoms with van der Waals surface area (Å²) >= 11 is 0. The molecule has 2 fully saturated rings. The van der Waals surface area contributed by atoms with Crippen LogP contribution in [0.3, 0.4) is 0 Å². The molecule has 9 N–H and O–H groups in total. The average Bonchev–Trinajstić information content (AvgIpc) is 4.09. The Balaban J connectivity index is 1.13. The molecule has 62 heavy (non-hydrogen) atoms. The van der Waals surface area contributed by atoms with E-state index in [1.807, 2.05) is 32.9 Å². The SMILES string of the molecule is CCn1nc(C)cc1C(=O)Nc1nc2cc(C(N)=O)cc(OCCN3C[C@H]4CNC[C@H]4C3)c2n1C/C=C/Cn1c(NC(=O)c2c(N)c(C)nn2CC)nc2cc(C(N)=O)cnc21. The number of anilines is 3. The second kappa shape index (κ2) is 17.1. The summed E-state index contributed by atoms with van der Waals surface area (Å²) < 4.78 is 13.0. The fourth-order valence-electron chi connectivity index (χ4n) is 8.31. The molecule has 324 valence electrons. The maximum atomic E-state index is 13.8. The Labute approximate surface area is 355 Å². The van der Waals surface area contributed by atoms with Crippen molar-refractivity contribution >= 4 is 63.4 Å². The molecule has 2 saturated heterocycles. The minimum atomic E-state index is -0.679. The van der Waals surface area contributed by atoms with Crippen LogP contribution in [0.5, 0.6) is 5.75 Å². The number of benzene rings is 1. The molecule has 5 aromatic heterocycles. The van der Waals surface area contributed by atoms with Gasteiger partial charge in [0, 0.05) is 57.6 Å². The Hall–Kier alpha value is -7.13. The lowest BCUT2D eigenvalue weighted by Gasteiger charge is -2.18. The van der Waals surface area contributed by atoms with Crippen LogP contribution in [0.2, 0.25) is 0 Å². The van der Waals surface area contributed by atoms with E-state index in [4.69, 9.17) is 26.9 Å². The third kappa shape index (κ3) is 8.06. The number of nitrogen functional groups attached to an aromatic ring is 1. The van der Waals surface area contributed by atoms with Gasteiger partial charge in [-0.25, -0.2) is 15.0 Å². The zero-order valence-electron chi connectivity index (χ0n) is 35.0. The van der Waals surface area contributed by atoms with Crippen LogP contribution in [0.25, 0.3) is 22.2 Å². The van der Waals surface area contributed by atoms with Crippen LogP contribution in [0.1, 0.15) is 66.9 Å². The van der Waals surface area contributed by atoms with E-state index < -0.39 is 23.6 Å². The lowest BCUT2D eigenvalue weighted by Crippen LogP contribution is -2.29. The van der Waals surface area contributed by atoms with Crippen molar-refractivity contribution in [1.29, 1.82) is 0 Å². The predicted octanol–water partition coefficient (Wildman–Crippen LogP) is 1.90. The monoisotopic (exact) mass is 846 g/mol. The number of carbonyl (C=O) groups is 4.